The van der Waals surface area contributed by atoms with Crippen molar-refractivity contribution in [2.75, 3.05) is 41.2 Å². The maximum Gasteiger partial charge on any atom is 0.338 e. The summed E-state index contributed by atoms with van der Waals surface area (Å²) in [6, 6.07) is 8.02. The van der Waals surface area contributed by atoms with Gasteiger partial charge >= 0.3 is 11.9 Å². The molecule has 2 aliphatic rings. The zero-order valence-corrected chi connectivity index (χ0v) is 26.1. The van der Waals surface area contributed by atoms with Gasteiger partial charge in [0.15, 0.2) is 23.9 Å². The number of rotatable bonds is 13. The van der Waals surface area contributed by atoms with Crippen LogP contribution in [-0.4, -0.2) is 144 Å². The molecule has 0 amide bonds. The Balaban J connectivity index is 1.47. The fourth-order valence-electron chi connectivity index (χ4n) is 5.12. The maximum absolute atomic E-state index is 12.8. The lowest BCUT2D eigenvalue weighted by Crippen LogP contribution is -2.63. The van der Waals surface area contributed by atoms with E-state index in [1.807, 2.05) is 0 Å². The summed E-state index contributed by atoms with van der Waals surface area (Å²) < 4.78 is 43.2. The van der Waals surface area contributed by atoms with Crippen molar-refractivity contribution < 1.29 is 83.2 Å². The largest absolute Gasteiger partial charge is 0.508 e. The molecular weight excluding hydrogens is 644 g/mol. The fourth-order valence-corrected chi connectivity index (χ4v) is 5.12. The molecule has 0 unspecified atom stereocenters. The van der Waals surface area contributed by atoms with Gasteiger partial charge in [0.1, 0.15) is 55.6 Å². The highest BCUT2D eigenvalue weighted by Crippen LogP contribution is 2.39. The Labute approximate surface area is 274 Å². The predicted molar refractivity (Wildman–Crippen MR) is 159 cm³/mol. The van der Waals surface area contributed by atoms with Crippen molar-refractivity contribution in [2.24, 2.45) is 0 Å². The van der Waals surface area contributed by atoms with Crippen molar-refractivity contribution in [3.8, 4) is 23.0 Å². The zero-order chi connectivity index (χ0) is 35.2. The lowest BCUT2D eigenvalue weighted by molar-refractivity contribution is -0.383. The lowest BCUT2D eigenvalue weighted by atomic mass is 9.98. The molecule has 2 aliphatic heterocycles. The van der Waals surface area contributed by atoms with Crippen molar-refractivity contribution in [3.05, 3.63) is 53.6 Å². The quantitative estimate of drug-likeness (QED) is 0.0934. The molecule has 0 bridgehead atoms. The summed E-state index contributed by atoms with van der Waals surface area (Å²) >= 11 is 0. The second kappa shape index (κ2) is 15.9. The number of aliphatic hydroxyl groups excluding tert-OH is 6. The molecule has 2 fully saturated rings. The number of hydrogen-bond donors (Lipinski definition) is 7. The standard InChI is InChI=1S/C31H38O17/c1-41-18-10-15(11-19(42-2)27(18)43-3)4-9-22(35)44-13-21-23(36)25(38)26(39)30(45-21)48-31(14-33)28(24(37)20(12-32)47-31)46-29(40)16-5-7-17(34)8-6-16/h4-11,20-21,23-26,28,30,32-34,36-39H,12-14H2,1-3H3/b9-4+/t20-,21+,23+,24-,25-,26+,28+,30+,31+/m1/s1. The second-order valence-electron chi connectivity index (χ2n) is 10.7. The first kappa shape index (κ1) is 36.8. The fraction of sp³-hybridized carbons (Fsp3) is 0.484. The summed E-state index contributed by atoms with van der Waals surface area (Å²) in [5.41, 5.74) is 0.422. The van der Waals surface area contributed by atoms with Gasteiger partial charge in [0.2, 0.25) is 11.5 Å². The summed E-state index contributed by atoms with van der Waals surface area (Å²) in [6.45, 7) is -2.58. The molecule has 2 aromatic rings. The number of esters is 2. The minimum absolute atomic E-state index is 0.0621. The average Bonchev–Trinajstić information content (AvgIpc) is 3.36. The number of phenolic OH excluding ortho intramolecular Hbond substituents is 1. The first-order valence-electron chi connectivity index (χ1n) is 14.5. The predicted octanol–water partition coefficient (Wildman–Crippen LogP) is -1.54. The van der Waals surface area contributed by atoms with Crippen LogP contribution >= 0.6 is 0 Å². The van der Waals surface area contributed by atoms with Gasteiger partial charge in [0.05, 0.1) is 33.5 Å². The van der Waals surface area contributed by atoms with E-state index in [0.29, 0.717) is 22.8 Å². The first-order valence-corrected chi connectivity index (χ1v) is 14.5. The van der Waals surface area contributed by atoms with Crippen molar-refractivity contribution in [1.29, 1.82) is 0 Å². The number of aliphatic hydroxyl groups is 6. The second-order valence-corrected chi connectivity index (χ2v) is 10.7. The molecule has 2 saturated heterocycles. The first-order chi connectivity index (χ1) is 22.9. The van der Waals surface area contributed by atoms with E-state index >= 15 is 0 Å². The molecule has 7 N–H and O–H groups in total. The Morgan fingerprint density at radius 3 is 2.08 bits per heavy atom. The molecule has 17 nitrogen and oxygen atoms in total. The van der Waals surface area contributed by atoms with E-state index in [-0.39, 0.29) is 11.3 Å². The highest BCUT2D eigenvalue weighted by molar-refractivity contribution is 5.89. The Bertz CT molecular complexity index is 1410. The molecule has 264 valence electrons. The Hall–Kier alpha value is -4.04. The molecule has 0 saturated carbocycles. The van der Waals surface area contributed by atoms with Crippen LogP contribution in [0.5, 0.6) is 23.0 Å². The smallest absolute Gasteiger partial charge is 0.338 e. The van der Waals surface area contributed by atoms with Gasteiger partial charge in [-0.15, -0.1) is 0 Å². The minimum Gasteiger partial charge on any atom is -0.508 e. The molecular formula is C31H38O17. The molecule has 2 aromatic carbocycles. The molecule has 0 spiro atoms. The Morgan fingerprint density at radius 1 is 0.875 bits per heavy atom. The summed E-state index contributed by atoms with van der Waals surface area (Å²) in [4.78, 5) is 25.4. The third kappa shape index (κ3) is 7.81. The molecule has 17 heteroatoms. The van der Waals surface area contributed by atoms with Gasteiger partial charge in [-0.05, 0) is 48.0 Å². The molecule has 0 aliphatic carbocycles. The van der Waals surface area contributed by atoms with Crippen LogP contribution in [-0.2, 0) is 28.5 Å². The van der Waals surface area contributed by atoms with Crippen molar-refractivity contribution in [2.45, 2.75) is 54.8 Å². The molecule has 4 rings (SSSR count). The van der Waals surface area contributed by atoms with Crippen molar-refractivity contribution >= 4 is 18.0 Å². The number of methoxy groups -OCH3 is 3. The Kier molecular flexibility index (Phi) is 12.2. The van der Waals surface area contributed by atoms with E-state index in [1.54, 1.807) is 12.1 Å². The van der Waals surface area contributed by atoms with Crippen LogP contribution < -0.4 is 14.2 Å². The van der Waals surface area contributed by atoms with Gasteiger partial charge in [0.25, 0.3) is 0 Å². The molecule has 2 heterocycles. The summed E-state index contributed by atoms with van der Waals surface area (Å²) in [5, 5.41) is 72.2. The lowest BCUT2D eigenvalue weighted by Gasteiger charge is -2.43. The number of benzene rings is 2. The van der Waals surface area contributed by atoms with Gasteiger partial charge in [-0.25, -0.2) is 9.59 Å². The maximum atomic E-state index is 12.8. The van der Waals surface area contributed by atoms with E-state index < -0.39 is 86.6 Å². The molecule has 48 heavy (non-hydrogen) atoms. The normalized spacial score (nSPS) is 30.2. The topological polar surface area (TPSA) is 250 Å². The highest BCUT2D eigenvalue weighted by Gasteiger charge is 2.61. The summed E-state index contributed by atoms with van der Waals surface area (Å²) in [7, 11) is 4.29. The minimum atomic E-state index is -2.46. The number of phenols is 1. The zero-order valence-electron chi connectivity index (χ0n) is 26.1. The van der Waals surface area contributed by atoms with Crippen LogP contribution in [0.25, 0.3) is 6.08 Å². The van der Waals surface area contributed by atoms with E-state index in [0.717, 1.165) is 6.08 Å². The summed E-state index contributed by atoms with van der Waals surface area (Å²) in [5.74, 6) is -3.50. The third-order valence-corrected chi connectivity index (χ3v) is 7.69. The SMILES string of the molecule is COc1cc(/C=C/C(=O)OC[C@@H]2O[C@@H](O[C@]3(CO)O[C@H](CO)[C@@H](O)[C@@H]3OC(=O)c3ccc(O)cc3)[C@@H](O)[C@H](O)[C@H]2O)cc(OC)c1OC. The number of ether oxygens (including phenoxy) is 8. The number of carbonyl (C=O) groups is 2. The Morgan fingerprint density at radius 2 is 1.52 bits per heavy atom. The van der Waals surface area contributed by atoms with Gasteiger partial charge in [0, 0.05) is 6.08 Å². The van der Waals surface area contributed by atoms with Crippen LogP contribution in [0.1, 0.15) is 15.9 Å². The van der Waals surface area contributed by atoms with E-state index in [2.05, 4.69) is 0 Å². The van der Waals surface area contributed by atoms with Crippen molar-refractivity contribution in [3.63, 3.8) is 0 Å². The number of carbonyl (C=O) groups excluding carboxylic acids is 2. The molecule has 9 atom stereocenters. The van der Waals surface area contributed by atoms with Crippen molar-refractivity contribution in [1.82, 2.24) is 0 Å². The van der Waals surface area contributed by atoms with Crippen LogP contribution in [0.2, 0.25) is 0 Å². The van der Waals surface area contributed by atoms with E-state index in [4.69, 9.17) is 37.9 Å². The van der Waals surface area contributed by atoms with E-state index in [9.17, 15) is 45.3 Å². The van der Waals surface area contributed by atoms with E-state index in [1.165, 1.54) is 51.7 Å². The van der Waals surface area contributed by atoms with Crippen LogP contribution in [0.4, 0.5) is 0 Å². The summed E-state index contributed by atoms with van der Waals surface area (Å²) in [6.07, 6.45) is -11.7. The third-order valence-electron chi connectivity index (χ3n) is 7.69. The average molecular weight is 683 g/mol. The number of aromatic hydroxyl groups is 1. The van der Waals surface area contributed by atoms with Gasteiger partial charge in [-0.3, -0.25) is 0 Å². The van der Waals surface area contributed by atoms with Gasteiger partial charge in [-0.2, -0.15) is 0 Å². The number of hydrogen-bond acceptors (Lipinski definition) is 17. The van der Waals surface area contributed by atoms with Crippen LogP contribution in [0.3, 0.4) is 0 Å². The van der Waals surface area contributed by atoms with Gasteiger partial charge in [-0.1, -0.05) is 0 Å². The molecule has 0 aromatic heterocycles. The molecule has 0 radical (unpaired) electrons. The van der Waals surface area contributed by atoms with Crippen LogP contribution in [0.15, 0.2) is 42.5 Å². The van der Waals surface area contributed by atoms with Crippen LogP contribution in [0, 0.1) is 0 Å². The monoisotopic (exact) mass is 682 g/mol. The van der Waals surface area contributed by atoms with Gasteiger partial charge < -0.3 is 73.6 Å². The highest BCUT2D eigenvalue weighted by atomic mass is 16.8.